The molecule has 0 spiro atoms. The molecule has 1 saturated heterocycles. The van der Waals surface area contributed by atoms with Gasteiger partial charge in [-0.15, -0.1) is 0 Å². The molecule has 128 valence electrons. The predicted octanol–water partition coefficient (Wildman–Crippen LogP) is 2.62. The van der Waals surface area contributed by atoms with E-state index in [1.165, 1.54) is 31.3 Å². The molecule has 1 saturated carbocycles. The second-order valence-electron chi connectivity index (χ2n) is 6.65. The molecule has 5 heteroatoms. The van der Waals surface area contributed by atoms with Gasteiger partial charge in [0.05, 0.1) is 6.61 Å². The Kier molecular flexibility index (Phi) is 5.67. The van der Waals surface area contributed by atoms with E-state index in [9.17, 15) is 5.11 Å². The van der Waals surface area contributed by atoms with Crippen molar-refractivity contribution >= 4 is 0 Å². The summed E-state index contributed by atoms with van der Waals surface area (Å²) in [4.78, 5) is 0. The number of methoxy groups -OCH3 is 2. The van der Waals surface area contributed by atoms with Gasteiger partial charge in [0.1, 0.15) is 12.2 Å². The van der Waals surface area contributed by atoms with Crippen LogP contribution in [-0.4, -0.2) is 49.7 Å². The smallest absolute Gasteiger partial charge is 0.220 e. The third kappa shape index (κ3) is 3.39. The molecule has 4 atom stereocenters. The van der Waals surface area contributed by atoms with E-state index in [0.717, 1.165) is 0 Å². The Bertz CT molecular complexity index is 404. The molecular weight excluding hydrogens is 284 g/mol. The van der Waals surface area contributed by atoms with Crippen molar-refractivity contribution in [2.45, 2.75) is 70.2 Å². The average molecular weight is 314 g/mol. The highest BCUT2D eigenvalue weighted by atomic mass is 16.8. The molecule has 0 aromatic heterocycles. The van der Waals surface area contributed by atoms with Crippen LogP contribution in [0.25, 0.3) is 0 Å². The number of aliphatic hydroxyl groups excluding tert-OH is 1. The minimum atomic E-state index is -1.07. The summed E-state index contributed by atoms with van der Waals surface area (Å²) in [5.41, 5.74) is 1.24. The van der Waals surface area contributed by atoms with Crippen LogP contribution in [0.4, 0.5) is 0 Å². The molecule has 0 aromatic carbocycles. The number of aliphatic hydroxyl groups is 1. The number of allylic oxidation sites excluding steroid dienone is 1. The van der Waals surface area contributed by atoms with Gasteiger partial charge in [0.2, 0.25) is 11.6 Å². The highest BCUT2D eigenvalue weighted by Crippen LogP contribution is 2.38. The first-order valence-electron chi connectivity index (χ1n) is 8.13. The minimum Gasteiger partial charge on any atom is -0.386 e. The van der Waals surface area contributed by atoms with E-state index < -0.39 is 23.8 Å². The molecule has 22 heavy (non-hydrogen) atoms. The van der Waals surface area contributed by atoms with Crippen molar-refractivity contribution in [3.63, 3.8) is 0 Å². The molecule has 2 rings (SSSR count). The number of rotatable bonds is 5. The first-order chi connectivity index (χ1) is 10.3. The summed E-state index contributed by atoms with van der Waals surface area (Å²) in [6, 6.07) is 0. The van der Waals surface area contributed by atoms with Crippen LogP contribution in [0, 0.1) is 5.92 Å². The van der Waals surface area contributed by atoms with E-state index in [2.05, 4.69) is 6.92 Å². The van der Waals surface area contributed by atoms with Crippen molar-refractivity contribution in [3.05, 3.63) is 11.6 Å². The van der Waals surface area contributed by atoms with E-state index in [0.29, 0.717) is 5.92 Å². The van der Waals surface area contributed by atoms with Gasteiger partial charge < -0.3 is 24.1 Å². The van der Waals surface area contributed by atoms with E-state index >= 15 is 0 Å². The second-order valence-corrected chi connectivity index (χ2v) is 6.65. The van der Waals surface area contributed by atoms with Crippen LogP contribution in [0.1, 0.15) is 46.5 Å². The van der Waals surface area contributed by atoms with Crippen molar-refractivity contribution < 1.29 is 24.1 Å². The molecular formula is C17H30O5. The van der Waals surface area contributed by atoms with E-state index in [-0.39, 0.29) is 6.61 Å². The van der Waals surface area contributed by atoms with Crippen molar-refractivity contribution in [1.29, 1.82) is 0 Å². The van der Waals surface area contributed by atoms with Gasteiger partial charge in [0.25, 0.3) is 0 Å². The zero-order chi connectivity index (χ0) is 16.4. The van der Waals surface area contributed by atoms with Crippen molar-refractivity contribution in [2.24, 2.45) is 5.92 Å². The zero-order valence-electron chi connectivity index (χ0n) is 14.4. The lowest BCUT2D eigenvalue weighted by Gasteiger charge is -2.49. The summed E-state index contributed by atoms with van der Waals surface area (Å²) < 4.78 is 22.7. The Labute approximate surface area is 133 Å². The normalized spacial score (nSPS) is 39.2. The molecule has 1 heterocycles. The summed E-state index contributed by atoms with van der Waals surface area (Å²) in [7, 11) is 3.11. The van der Waals surface area contributed by atoms with E-state index in [1.807, 2.05) is 6.08 Å². The molecule has 1 aliphatic heterocycles. The summed E-state index contributed by atoms with van der Waals surface area (Å²) in [5, 5.41) is 10.5. The van der Waals surface area contributed by atoms with Gasteiger partial charge in [-0.05, 0) is 39.5 Å². The summed E-state index contributed by atoms with van der Waals surface area (Å²) in [6.07, 6.45) is 5.73. The molecule has 5 nitrogen and oxygen atoms in total. The molecule has 2 aliphatic rings. The molecule has 2 fully saturated rings. The largest absolute Gasteiger partial charge is 0.386 e. The lowest BCUT2D eigenvalue weighted by atomic mass is 9.96. The van der Waals surface area contributed by atoms with Crippen LogP contribution < -0.4 is 0 Å². The van der Waals surface area contributed by atoms with Gasteiger partial charge >= 0.3 is 0 Å². The average Bonchev–Trinajstić information content (AvgIpc) is 3.04. The molecule has 0 amide bonds. The van der Waals surface area contributed by atoms with Gasteiger partial charge in [0, 0.05) is 14.2 Å². The topological polar surface area (TPSA) is 57.2 Å². The maximum atomic E-state index is 10.5. The van der Waals surface area contributed by atoms with Crippen LogP contribution in [0.15, 0.2) is 11.6 Å². The highest BCUT2D eigenvalue weighted by Gasteiger charge is 2.54. The summed E-state index contributed by atoms with van der Waals surface area (Å²) in [6.45, 7) is 5.90. The van der Waals surface area contributed by atoms with Crippen LogP contribution in [0.2, 0.25) is 0 Å². The maximum absolute atomic E-state index is 10.5. The maximum Gasteiger partial charge on any atom is 0.220 e. The fraction of sp³-hybridized carbons (Fsp3) is 0.882. The first-order valence-corrected chi connectivity index (χ1v) is 8.13. The second kappa shape index (κ2) is 6.97. The van der Waals surface area contributed by atoms with Crippen LogP contribution in [-0.2, 0) is 18.9 Å². The summed E-state index contributed by atoms with van der Waals surface area (Å²) >= 11 is 0. The predicted molar refractivity (Wildman–Crippen MR) is 83.4 cm³/mol. The van der Waals surface area contributed by atoms with Crippen LogP contribution in [0.5, 0.6) is 0 Å². The number of hydrogen-bond donors (Lipinski definition) is 1. The Morgan fingerprint density at radius 2 is 1.77 bits per heavy atom. The number of ether oxygens (including phenoxy) is 4. The highest BCUT2D eigenvalue weighted by molar-refractivity contribution is 5.09. The quantitative estimate of drug-likeness (QED) is 0.791. The van der Waals surface area contributed by atoms with Crippen LogP contribution >= 0.6 is 0 Å². The number of hydrogen-bond acceptors (Lipinski definition) is 5. The fourth-order valence-corrected chi connectivity index (χ4v) is 3.34. The Morgan fingerprint density at radius 1 is 1.18 bits per heavy atom. The Balaban J connectivity index is 2.05. The Morgan fingerprint density at radius 3 is 2.32 bits per heavy atom. The van der Waals surface area contributed by atoms with Crippen molar-refractivity contribution in [2.75, 3.05) is 20.8 Å². The van der Waals surface area contributed by atoms with Crippen molar-refractivity contribution in [1.82, 2.24) is 0 Å². The lowest BCUT2D eigenvalue weighted by Crippen LogP contribution is -2.63. The molecule has 0 radical (unpaired) electrons. The van der Waals surface area contributed by atoms with Crippen molar-refractivity contribution in [3.8, 4) is 0 Å². The van der Waals surface area contributed by atoms with E-state index in [4.69, 9.17) is 18.9 Å². The van der Waals surface area contributed by atoms with Crippen LogP contribution in [0.3, 0.4) is 0 Å². The van der Waals surface area contributed by atoms with Gasteiger partial charge in [-0.25, -0.2) is 0 Å². The third-order valence-corrected chi connectivity index (χ3v) is 5.32. The lowest BCUT2D eigenvalue weighted by molar-refractivity contribution is -0.435. The van der Waals surface area contributed by atoms with Gasteiger partial charge in [-0.2, -0.15) is 0 Å². The SMILES string of the molecule is CO[C@]1(C)OC[C@@H]([C@H](O)/C=C(\C)C2CCCC2)O[C@@]1(C)OC. The fourth-order valence-electron chi connectivity index (χ4n) is 3.34. The molecule has 0 unspecified atom stereocenters. The van der Waals surface area contributed by atoms with Gasteiger partial charge in [0.15, 0.2) is 0 Å². The van der Waals surface area contributed by atoms with E-state index in [1.54, 1.807) is 28.1 Å². The third-order valence-electron chi connectivity index (χ3n) is 5.32. The first kappa shape index (κ1) is 17.9. The molecule has 1 aliphatic carbocycles. The minimum absolute atomic E-state index is 0.263. The summed E-state index contributed by atoms with van der Waals surface area (Å²) in [5.74, 6) is -1.47. The molecule has 0 bridgehead atoms. The molecule has 1 N–H and O–H groups in total. The monoisotopic (exact) mass is 314 g/mol. The standard InChI is InChI=1S/C17H30O5/c1-12(13-8-6-7-9-13)10-14(18)15-11-21-16(2,19-4)17(3,20-5)22-15/h10,13-15,18H,6-9,11H2,1-5H3/b12-10+/t14-,15+,16-,17-/m1/s1. The zero-order valence-corrected chi connectivity index (χ0v) is 14.4. The van der Waals surface area contributed by atoms with Gasteiger partial charge in [-0.1, -0.05) is 24.5 Å². The molecule has 0 aromatic rings. The Hall–Kier alpha value is -0.460. The van der Waals surface area contributed by atoms with Gasteiger partial charge in [-0.3, -0.25) is 0 Å².